The van der Waals surface area contributed by atoms with Crippen molar-refractivity contribution in [2.75, 3.05) is 6.61 Å². The molecule has 2 aromatic carbocycles. The van der Waals surface area contributed by atoms with Gasteiger partial charge in [0.1, 0.15) is 5.56 Å². The Morgan fingerprint density at radius 1 is 0.889 bits per heavy atom. The molecule has 0 unspecified atom stereocenters. The van der Waals surface area contributed by atoms with Gasteiger partial charge < -0.3 is 4.74 Å². The van der Waals surface area contributed by atoms with Gasteiger partial charge in [0.05, 0.1) is 39.9 Å². The van der Waals surface area contributed by atoms with Crippen LogP contribution in [-0.4, -0.2) is 30.8 Å². The number of carbonyl (C=O) groups is 1. The number of carbonyl (C=O) groups excluding carboxylic acids is 1. The van der Waals surface area contributed by atoms with E-state index in [9.17, 15) is 19.2 Å². The third kappa shape index (κ3) is 4.29. The molecule has 11 heteroatoms. The number of rotatable bonds is 7. The summed E-state index contributed by atoms with van der Waals surface area (Å²) >= 11 is 12.4. The molecule has 2 aromatic heterocycles. The molecule has 2 heterocycles. The maximum absolute atomic E-state index is 13.6. The SMILES string of the molecule is CCOC(=O)c1cn(-c2ccc3c(c2)n(CC)c(=O)n3CC)c(=O)n(Cc2cccc(Cl)c2Cl)c1=O. The highest BCUT2D eigenvalue weighted by molar-refractivity contribution is 6.42. The zero-order valence-electron chi connectivity index (χ0n) is 20.0. The van der Waals surface area contributed by atoms with Crippen LogP contribution in [0.25, 0.3) is 16.7 Å². The molecule has 4 aromatic rings. The number of aromatic nitrogens is 4. The number of aryl methyl sites for hydroxylation is 2. The van der Waals surface area contributed by atoms with E-state index in [1.807, 2.05) is 13.8 Å². The van der Waals surface area contributed by atoms with E-state index in [-0.39, 0.29) is 34.5 Å². The van der Waals surface area contributed by atoms with Crippen LogP contribution in [0.5, 0.6) is 0 Å². The third-order valence-electron chi connectivity index (χ3n) is 5.94. The first-order valence-corrected chi connectivity index (χ1v) is 12.2. The predicted octanol–water partition coefficient (Wildman–Crippen LogP) is 3.69. The van der Waals surface area contributed by atoms with E-state index < -0.39 is 17.2 Å². The van der Waals surface area contributed by atoms with E-state index >= 15 is 0 Å². The van der Waals surface area contributed by atoms with Gasteiger partial charge in [-0.3, -0.25) is 23.1 Å². The van der Waals surface area contributed by atoms with Crippen LogP contribution >= 0.6 is 23.2 Å². The van der Waals surface area contributed by atoms with Crippen molar-refractivity contribution < 1.29 is 9.53 Å². The van der Waals surface area contributed by atoms with Gasteiger partial charge in [0.25, 0.3) is 5.56 Å². The number of fused-ring (bicyclic) bond motifs is 1. The number of halogens is 2. The molecule has 4 rings (SSSR count). The van der Waals surface area contributed by atoms with Crippen LogP contribution < -0.4 is 16.9 Å². The molecule has 0 saturated carbocycles. The number of nitrogens with zero attached hydrogens (tertiary/aromatic N) is 4. The molecule has 188 valence electrons. The number of benzene rings is 2. The fraction of sp³-hybridized carbons (Fsp3) is 0.280. The predicted molar refractivity (Wildman–Crippen MR) is 139 cm³/mol. The van der Waals surface area contributed by atoms with Gasteiger partial charge in [-0.1, -0.05) is 35.3 Å². The van der Waals surface area contributed by atoms with Crippen LogP contribution in [-0.2, 0) is 24.4 Å². The van der Waals surface area contributed by atoms with E-state index in [4.69, 9.17) is 27.9 Å². The second-order valence-electron chi connectivity index (χ2n) is 7.96. The standard InChI is InChI=1S/C25H24Cl2N4O5/c1-4-28-19-11-10-16(12-20(19)29(5-2)24(28)34)30-14-17(23(33)36-6-3)22(32)31(25(30)35)13-15-8-7-9-18(26)21(15)27/h7-12,14H,4-6,13H2,1-3H3. The van der Waals surface area contributed by atoms with Crippen molar-refractivity contribution in [1.82, 2.24) is 18.3 Å². The minimum atomic E-state index is -0.856. The highest BCUT2D eigenvalue weighted by atomic mass is 35.5. The van der Waals surface area contributed by atoms with E-state index in [0.29, 0.717) is 35.4 Å². The number of hydrogen-bond donors (Lipinski definition) is 0. The fourth-order valence-corrected chi connectivity index (χ4v) is 4.57. The highest BCUT2D eigenvalue weighted by Gasteiger charge is 2.21. The summed E-state index contributed by atoms with van der Waals surface area (Å²) in [5.74, 6) is -0.856. The Morgan fingerprint density at radius 2 is 1.58 bits per heavy atom. The molecular formula is C25H24Cl2N4O5. The number of ether oxygens (including phenoxy) is 1. The minimum Gasteiger partial charge on any atom is -0.462 e. The normalized spacial score (nSPS) is 11.2. The van der Waals surface area contributed by atoms with Crippen LogP contribution in [0.2, 0.25) is 10.0 Å². The second-order valence-corrected chi connectivity index (χ2v) is 8.75. The first kappa shape index (κ1) is 25.5. The Balaban J connectivity index is 1.99. The average molecular weight is 531 g/mol. The van der Waals surface area contributed by atoms with Crippen LogP contribution in [0.15, 0.2) is 57.0 Å². The average Bonchev–Trinajstić information content (AvgIpc) is 3.13. The van der Waals surface area contributed by atoms with Gasteiger partial charge in [-0.05, 0) is 50.6 Å². The molecule has 0 aliphatic rings. The summed E-state index contributed by atoms with van der Waals surface area (Å²) in [6.07, 6.45) is 1.17. The lowest BCUT2D eigenvalue weighted by atomic mass is 10.2. The molecule has 0 aliphatic carbocycles. The van der Waals surface area contributed by atoms with Gasteiger partial charge in [-0.2, -0.15) is 0 Å². The van der Waals surface area contributed by atoms with Gasteiger partial charge in [0.15, 0.2) is 0 Å². The lowest BCUT2D eigenvalue weighted by Crippen LogP contribution is -2.42. The zero-order valence-corrected chi connectivity index (χ0v) is 21.5. The maximum atomic E-state index is 13.6. The Hall–Kier alpha value is -3.56. The molecule has 0 spiro atoms. The molecule has 36 heavy (non-hydrogen) atoms. The fourth-order valence-electron chi connectivity index (χ4n) is 4.19. The van der Waals surface area contributed by atoms with Crippen LogP contribution in [0.4, 0.5) is 0 Å². The van der Waals surface area contributed by atoms with Gasteiger partial charge in [-0.25, -0.2) is 14.4 Å². The van der Waals surface area contributed by atoms with Gasteiger partial charge >= 0.3 is 17.3 Å². The first-order valence-electron chi connectivity index (χ1n) is 11.4. The largest absolute Gasteiger partial charge is 0.462 e. The Morgan fingerprint density at radius 3 is 2.25 bits per heavy atom. The minimum absolute atomic E-state index is 0.0524. The van der Waals surface area contributed by atoms with Crippen molar-refractivity contribution in [2.45, 2.75) is 40.4 Å². The summed E-state index contributed by atoms with van der Waals surface area (Å²) < 4.78 is 10.4. The first-order chi connectivity index (χ1) is 17.2. The molecule has 0 radical (unpaired) electrons. The Labute approximate surface area is 215 Å². The number of imidazole rings is 1. The van der Waals surface area contributed by atoms with Crippen LogP contribution in [0.1, 0.15) is 36.7 Å². The van der Waals surface area contributed by atoms with E-state index in [1.165, 1.54) is 10.8 Å². The Bertz CT molecular complexity index is 1660. The topological polar surface area (TPSA) is 97.2 Å². The lowest BCUT2D eigenvalue weighted by Gasteiger charge is -2.14. The van der Waals surface area contributed by atoms with Gasteiger partial charge in [-0.15, -0.1) is 0 Å². The summed E-state index contributed by atoms with van der Waals surface area (Å²) in [4.78, 5) is 52.2. The van der Waals surface area contributed by atoms with Crippen LogP contribution in [0.3, 0.4) is 0 Å². The maximum Gasteiger partial charge on any atom is 0.345 e. The molecule has 0 saturated heterocycles. The van der Waals surface area contributed by atoms with Crippen LogP contribution in [0, 0.1) is 0 Å². The molecule has 0 aliphatic heterocycles. The van der Waals surface area contributed by atoms with Crippen molar-refractivity contribution in [1.29, 1.82) is 0 Å². The smallest absolute Gasteiger partial charge is 0.345 e. The number of hydrogen-bond acceptors (Lipinski definition) is 5. The second kappa shape index (κ2) is 10.2. The zero-order chi connectivity index (χ0) is 26.1. The summed E-state index contributed by atoms with van der Waals surface area (Å²) in [7, 11) is 0. The highest BCUT2D eigenvalue weighted by Crippen LogP contribution is 2.26. The molecule has 0 atom stereocenters. The monoisotopic (exact) mass is 530 g/mol. The summed E-state index contributed by atoms with van der Waals surface area (Å²) in [5, 5.41) is 0.473. The molecule has 0 bridgehead atoms. The summed E-state index contributed by atoms with van der Waals surface area (Å²) in [5.41, 5.74) is 0.178. The summed E-state index contributed by atoms with van der Waals surface area (Å²) in [6.45, 7) is 6.11. The lowest BCUT2D eigenvalue weighted by molar-refractivity contribution is 0.0522. The van der Waals surface area contributed by atoms with Crippen molar-refractivity contribution in [3.63, 3.8) is 0 Å². The van der Waals surface area contributed by atoms with Crippen molar-refractivity contribution in [3.8, 4) is 5.69 Å². The molecular weight excluding hydrogens is 507 g/mol. The van der Waals surface area contributed by atoms with E-state index in [1.54, 1.807) is 52.5 Å². The van der Waals surface area contributed by atoms with Gasteiger partial charge in [0, 0.05) is 19.3 Å². The van der Waals surface area contributed by atoms with E-state index in [2.05, 4.69) is 0 Å². The molecule has 0 amide bonds. The van der Waals surface area contributed by atoms with Crippen molar-refractivity contribution in [3.05, 3.63) is 95.1 Å². The van der Waals surface area contributed by atoms with Crippen molar-refractivity contribution >= 4 is 40.2 Å². The third-order valence-corrected chi connectivity index (χ3v) is 6.80. The van der Waals surface area contributed by atoms with Crippen molar-refractivity contribution in [2.24, 2.45) is 0 Å². The molecule has 9 nitrogen and oxygen atoms in total. The van der Waals surface area contributed by atoms with E-state index in [0.717, 1.165) is 4.57 Å². The quantitative estimate of drug-likeness (QED) is 0.339. The summed E-state index contributed by atoms with van der Waals surface area (Å²) in [6, 6.07) is 9.96. The number of esters is 1. The molecule has 0 fully saturated rings. The van der Waals surface area contributed by atoms with Gasteiger partial charge in [0.2, 0.25) is 0 Å². The Kier molecular flexibility index (Phi) is 7.23. The molecule has 0 N–H and O–H groups in total.